The van der Waals surface area contributed by atoms with Crippen molar-refractivity contribution in [1.82, 2.24) is 10.2 Å². The molecule has 3 aromatic carbocycles. The lowest BCUT2D eigenvalue weighted by atomic mass is 9.95. The number of Topliss-reactive ketones (excluding diaryl/α,β-unsaturated/α-hetero) is 1. The van der Waals surface area contributed by atoms with Crippen LogP contribution in [0, 0.1) is 11.6 Å². The molecule has 0 spiro atoms. The van der Waals surface area contributed by atoms with Crippen molar-refractivity contribution in [3.8, 4) is 11.5 Å². The fourth-order valence-corrected chi connectivity index (χ4v) is 6.10. The summed E-state index contributed by atoms with van der Waals surface area (Å²) in [6.45, 7) is 0. The summed E-state index contributed by atoms with van der Waals surface area (Å²) in [6.07, 6.45) is 0. The molecule has 5 rings (SSSR count). The monoisotopic (exact) mass is 581 g/mol. The van der Waals surface area contributed by atoms with Crippen molar-refractivity contribution < 1.29 is 33.0 Å². The van der Waals surface area contributed by atoms with E-state index in [0.29, 0.717) is 27.0 Å². The van der Waals surface area contributed by atoms with Gasteiger partial charge in [-0.3, -0.25) is 14.5 Å². The van der Waals surface area contributed by atoms with Crippen LogP contribution < -0.4 is 14.4 Å². The number of aliphatic hydroxyl groups excluding tert-OH is 1. The van der Waals surface area contributed by atoms with Gasteiger partial charge >= 0.3 is 5.91 Å². The molecule has 1 aromatic heterocycles. The van der Waals surface area contributed by atoms with E-state index in [4.69, 9.17) is 9.47 Å². The smallest absolute Gasteiger partial charge is 0.301 e. The molecule has 0 aliphatic carbocycles. The molecule has 0 radical (unpaired) electrons. The third-order valence-electron chi connectivity index (χ3n) is 6.20. The summed E-state index contributed by atoms with van der Waals surface area (Å²) in [4.78, 5) is 27.9. The van der Waals surface area contributed by atoms with Crippen LogP contribution in [0.25, 0.3) is 5.76 Å². The Balaban J connectivity index is 1.58. The average Bonchev–Trinajstić information content (AvgIpc) is 3.54. The number of thioether (sulfide) groups is 1. The summed E-state index contributed by atoms with van der Waals surface area (Å²) in [5, 5.41) is 19.6. The maximum atomic E-state index is 14.1. The molecule has 1 aliphatic rings. The Hall–Kier alpha value is -4.29. The highest BCUT2D eigenvalue weighted by atomic mass is 32.2. The molecule has 40 heavy (non-hydrogen) atoms. The van der Waals surface area contributed by atoms with Crippen LogP contribution >= 0.6 is 23.1 Å². The number of carbonyl (C=O) groups is 2. The number of aliphatic hydroxyl groups is 1. The number of ether oxygens (including phenoxy) is 2. The molecular weight excluding hydrogens is 560 g/mol. The van der Waals surface area contributed by atoms with Crippen LogP contribution in [0.2, 0.25) is 0 Å². The summed E-state index contributed by atoms with van der Waals surface area (Å²) in [5.41, 5.74) is 0.855. The van der Waals surface area contributed by atoms with Gasteiger partial charge in [0.15, 0.2) is 15.8 Å². The van der Waals surface area contributed by atoms with Gasteiger partial charge in [0.05, 0.1) is 25.8 Å². The number of rotatable bonds is 8. The first-order valence-electron chi connectivity index (χ1n) is 11.8. The second kappa shape index (κ2) is 11.4. The van der Waals surface area contributed by atoms with E-state index in [0.717, 1.165) is 28.4 Å². The first-order chi connectivity index (χ1) is 19.3. The number of carbonyl (C=O) groups excluding carboxylic acids is 2. The first-order valence-corrected chi connectivity index (χ1v) is 13.6. The van der Waals surface area contributed by atoms with Gasteiger partial charge in [0, 0.05) is 11.3 Å². The number of nitrogens with zero attached hydrogens (tertiary/aromatic N) is 3. The second-order valence-corrected chi connectivity index (χ2v) is 10.7. The molecule has 12 heteroatoms. The topological polar surface area (TPSA) is 102 Å². The van der Waals surface area contributed by atoms with Crippen LogP contribution in [-0.2, 0) is 15.3 Å². The van der Waals surface area contributed by atoms with Gasteiger partial charge in [0.25, 0.3) is 5.78 Å². The maximum Gasteiger partial charge on any atom is 0.301 e. The van der Waals surface area contributed by atoms with Crippen molar-refractivity contribution in [1.29, 1.82) is 0 Å². The number of anilines is 1. The molecular formula is C28H21F2N3O5S2. The molecule has 1 amide bonds. The summed E-state index contributed by atoms with van der Waals surface area (Å²) >= 11 is 2.28. The van der Waals surface area contributed by atoms with Crippen molar-refractivity contribution in [3.05, 3.63) is 101 Å². The summed E-state index contributed by atoms with van der Waals surface area (Å²) in [6, 6.07) is 15.0. The fraction of sp³-hybridized carbons (Fsp3) is 0.143. The molecule has 2 heterocycles. The SMILES string of the molecule is COc1ccc(C2/C(=C(/O)c3ccc(F)cc3)C(=O)C(=O)N2c2nnc(SCc3ccccc3F)s2)cc1OC. The van der Waals surface area contributed by atoms with Crippen LogP contribution in [0.3, 0.4) is 0 Å². The zero-order valence-corrected chi connectivity index (χ0v) is 22.8. The van der Waals surface area contributed by atoms with E-state index in [9.17, 15) is 23.5 Å². The van der Waals surface area contributed by atoms with Crippen LogP contribution in [0.5, 0.6) is 11.5 Å². The Morgan fingerprint density at radius 3 is 2.42 bits per heavy atom. The second-order valence-electron chi connectivity index (χ2n) is 8.52. The maximum absolute atomic E-state index is 14.1. The molecule has 1 fully saturated rings. The van der Waals surface area contributed by atoms with Gasteiger partial charge in [0.2, 0.25) is 5.13 Å². The first kappa shape index (κ1) is 27.3. The van der Waals surface area contributed by atoms with Gasteiger partial charge in [-0.15, -0.1) is 10.2 Å². The number of amides is 1. The van der Waals surface area contributed by atoms with Crippen LogP contribution in [0.4, 0.5) is 13.9 Å². The zero-order valence-electron chi connectivity index (χ0n) is 21.1. The highest BCUT2D eigenvalue weighted by molar-refractivity contribution is 8.00. The molecule has 4 aromatic rings. The van der Waals surface area contributed by atoms with Crippen LogP contribution in [-0.4, -0.2) is 41.2 Å². The van der Waals surface area contributed by atoms with Gasteiger partial charge in [-0.05, 0) is 53.6 Å². The van der Waals surface area contributed by atoms with Crippen molar-refractivity contribution in [2.45, 2.75) is 16.1 Å². The lowest BCUT2D eigenvalue weighted by Crippen LogP contribution is -2.29. The fourth-order valence-electron chi connectivity index (χ4n) is 4.24. The van der Waals surface area contributed by atoms with Gasteiger partial charge in [-0.25, -0.2) is 8.78 Å². The largest absolute Gasteiger partial charge is 0.507 e. The molecule has 204 valence electrons. The number of aromatic nitrogens is 2. The minimum absolute atomic E-state index is 0.107. The highest BCUT2D eigenvalue weighted by Crippen LogP contribution is 2.45. The number of ketones is 1. The number of benzene rings is 3. The Morgan fingerprint density at radius 1 is 1.00 bits per heavy atom. The average molecular weight is 582 g/mol. The van der Waals surface area contributed by atoms with E-state index < -0.39 is 29.3 Å². The van der Waals surface area contributed by atoms with Crippen molar-refractivity contribution in [3.63, 3.8) is 0 Å². The lowest BCUT2D eigenvalue weighted by molar-refractivity contribution is -0.132. The van der Waals surface area contributed by atoms with Crippen molar-refractivity contribution in [2.75, 3.05) is 19.1 Å². The Labute approximate surface area is 235 Å². The normalized spacial score (nSPS) is 16.4. The van der Waals surface area contributed by atoms with E-state index in [-0.39, 0.29) is 27.8 Å². The predicted molar refractivity (Wildman–Crippen MR) is 147 cm³/mol. The number of hydrogen-bond acceptors (Lipinski definition) is 9. The van der Waals surface area contributed by atoms with E-state index in [2.05, 4.69) is 10.2 Å². The quantitative estimate of drug-likeness (QED) is 0.0923. The molecule has 1 aliphatic heterocycles. The molecule has 0 saturated carbocycles. The predicted octanol–water partition coefficient (Wildman–Crippen LogP) is 5.75. The number of methoxy groups -OCH3 is 2. The van der Waals surface area contributed by atoms with E-state index in [1.165, 1.54) is 44.2 Å². The Kier molecular flexibility index (Phi) is 7.81. The number of hydrogen-bond donors (Lipinski definition) is 1. The van der Waals surface area contributed by atoms with E-state index in [1.807, 2.05) is 0 Å². The minimum Gasteiger partial charge on any atom is -0.507 e. The minimum atomic E-state index is -1.11. The Morgan fingerprint density at radius 2 is 1.73 bits per heavy atom. The van der Waals surface area contributed by atoms with Gasteiger partial charge in [-0.2, -0.15) is 0 Å². The van der Waals surface area contributed by atoms with Crippen molar-refractivity contribution >= 4 is 45.7 Å². The number of halogens is 2. The van der Waals surface area contributed by atoms with Gasteiger partial charge in [0.1, 0.15) is 17.4 Å². The van der Waals surface area contributed by atoms with Crippen LogP contribution in [0.15, 0.2) is 76.6 Å². The molecule has 0 bridgehead atoms. The molecule has 8 nitrogen and oxygen atoms in total. The van der Waals surface area contributed by atoms with E-state index in [1.54, 1.807) is 36.4 Å². The van der Waals surface area contributed by atoms with Crippen molar-refractivity contribution in [2.24, 2.45) is 0 Å². The third-order valence-corrected chi connectivity index (χ3v) is 8.30. The Bertz CT molecular complexity index is 1620. The lowest BCUT2D eigenvalue weighted by Gasteiger charge is -2.23. The third kappa shape index (κ3) is 5.15. The highest BCUT2D eigenvalue weighted by Gasteiger charge is 2.48. The summed E-state index contributed by atoms with van der Waals surface area (Å²) in [5.74, 6) is -2.18. The standard InChI is InChI=1S/C28H21F2N3O5S2/c1-37-20-12-9-16(13-21(20)38-2)23-22(24(34)15-7-10-18(29)11-8-15)25(35)26(36)33(23)27-31-32-28(40-27)39-14-17-5-3-4-6-19(17)30/h3-13,23,34H,14H2,1-2H3/b24-22-. The molecule has 1 saturated heterocycles. The zero-order chi connectivity index (χ0) is 28.4. The molecule has 1 unspecified atom stereocenters. The summed E-state index contributed by atoms with van der Waals surface area (Å²) < 4.78 is 38.8. The molecule has 1 N–H and O–H groups in total. The van der Waals surface area contributed by atoms with E-state index >= 15 is 0 Å². The van der Waals surface area contributed by atoms with Crippen LogP contribution in [0.1, 0.15) is 22.7 Å². The molecule has 1 atom stereocenters. The summed E-state index contributed by atoms with van der Waals surface area (Å²) in [7, 11) is 2.92. The van der Waals surface area contributed by atoms with Gasteiger partial charge < -0.3 is 14.6 Å². The van der Waals surface area contributed by atoms with Gasteiger partial charge in [-0.1, -0.05) is 47.4 Å².